The molecule has 2 heterocycles. The summed E-state index contributed by atoms with van der Waals surface area (Å²) in [5.74, 6) is 0.369. The Morgan fingerprint density at radius 1 is 1.45 bits per heavy atom. The molecule has 0 saturated carbocycles. The van der Waals surface area contributed by atoms with E-state index in [2.05, 4.69) is 29.2 Å². The molecule has 0 radical (unpaired) electrons. The zero-order chi connectivity index (χ0) is 14.7. The van der Waals surface area contributed by atoms with Crippen molar-refractivity contribution in [3.63, 3.8) is 0 Å². The first-order valence-electron chi connectivity index (χ1n) is 7.20. The third-order valence-electron chi connectivity index (χ3n) is 3.75. The Labute approximate surface area is 124 Å². The molecule has 0 amide bonds. The second kappa shape index (κ2) is 6.59. The van der Waals surface area contributed by atoms with Gasteiger partial charge < -0.3 is 10.2 Å². The third-order valence-corrected chi connectivity index (χ3v) is 4.10. The van der Waals surface area contributed by atoms with Gasteiger partial charge in [-0.15, -0.1) is 0 Å². The summed E-state index contributed by atoms with van der Waals surface area (Å²) in [6.45, 7) is 6.51. The molecule has 1 aromatic rings. The number of rotatable bonds is 4. The average molecular weight is 299 g/mol. The lowest BCUT2D eigenvalue weighted by Gasteiger charge is -2.33. The fourth-order valence-corrected chi connectivity index (χ4v) is 2.83. The van der Waals surface area contributed by atoms with Crippen molar-refractivity contribution in [2.45, 2.75) is 39.3 Å². The number of hydrogen-bond acceptors (Lipinski definition) is 4. The maximum absolute atomic E-state index is 12.2. The summed E-state index contributed by atoms with van der Waals surface area (Å²) in [5, 5.41) is 7.84. The number of nitrogens with zero attached hydrogens (tertiary/aromatic N) is 3. The van der Waals surface area contributed by atoms with Gasteiger partial charge in [0.2, 0.25) is 0 Å². The van der Waals surface area contributed by atoms with Crippen molar-refractivity contribution in [3.8, 4) is 0 Å². The molecule has 0 aliphatic carbocycles. The van der Waals surface area contributed by atoms with E-state index in [0.29, 0.717) is 23.5 Å². The van der Waals surface area contributed by atoms with E-state index in [0.717, 1.165) is 31.6 Å². The van der Waals surface area contributed by atoms with Crippen LogP contribution >= 0.6 is 11.6 Å². The van der Waals surface area contributed by atoms with E-state index in [4.69, 9.17) is 11.6 Å². The van der Waals surface area contributed by atoms with E-state index in [1.54, 1.807) is 6.20 Å². The van der Waals surface area contributed by atoms with Gasteiger partial charge in [-0.3, -0.25) is 4.79 Å². The molecule has 0 spiro atoms. The van der Waals surface area contributed by atoms with E-state index < -0.39 is 0 Å². The Kier molecular flexibility index (Phi) is 5.05. The monoisotopic (exact) mass is 298 g/mol. The van der Waals surface area contributed by atoms with Gasteiger partial charge in [0, 0.05) is 25.7 Å². The molecule has 1 N–H and O–H groups in total. The van der Waals surface area contributed by atoms with Crippen LogP contribution in [-0.4, -0.2) is 36.0 Å². The molecule has 1 aromatic heterocycles. The molecule has 0 bridgehead atoms. The third kappa shape index (κ3) is 3.33. The molecule has 1 aliphatic heterocycles. The van der Waals surface area contributed by atoms with Crippen molar-refractivity contribution in [1.29, 1.82) is 0 Å². The van der Waals surface area contributed by atoms with Crippen LogP contribution in [0.15, 0.2) is 11.0 Å². The van der Waals surface area contributed by atoms with Crippen LogP contribution in [0.3, 0.4) is 0 Å². The Morgan fingerprint density at radius 3 is 2.65 bits per heavy atom. The van der Waals surface area contributed by atoms with Gasteiger partial charge in [0.1, 0.15) is 5.02 Å². The predicted molar refractivity (Wildman–Crippen MR) is 82.6 cm³/mol. The quantitative estimate of drug-likeness (QED) is 0.920. The lowest BCUT2D eigenvalue weighted by Crippen LogP contribution is -2.42. The molecule has 2 rings (SSSR count). The average Bonchev–Trinajstić information content (AvgIpc) is 2.44. The summed E-state index contributed by atoms with van der Waals surface area (Å²) in [5.41, 5.74) is 0.583. The summed E-state index contributed by atoms with van der Waals surface area (Å²) in [6.07, 6.45) is 3.84. The molecule has 0 atom stereocenters. The zero-order valence-corrected chi connectivity index (χ0v) is 13.2. The van der Waals surface area contributed by atoms with E-state index >= 15 is 0 Å². The van der Waals surface area contributed by atoms with Crippen molar-refractivity contribution in [2.24, 2.45) is 5.92 Å². The van der Waals surface area contributed by atoms with E-state index in [1.807, 2.05) is 7.05 Å². The van der Waals surface area contributed by atoms with Crippen LogP contribution in [0.25, 0.3) is 0 Å². The minimum absolute atomic E-state index is 0.186. The molecule has 1 fully saturated rings. The Morgan fingerprint density at radius 2 is 2.10 bits per heavy atom. The van der Waals surface area contributed by atoms with Crippen LogP contribution in [0.2, 0.25) is 5.02 Å². The van der Waals surface area contributed by atoms with Crippen LogP contribution in [0.1, 0.15) is 26.7 Å². The van der Waals surface area contributed by atoms with E-state index in [9.17, 15) is 4.79 Å². The fraction of sp³-hybridized carbons (Fsp3) is 0.714. The number of hydrogen-bond donors (Lipinski definition) is 1. The highest BCUT2D eigenvalue weighted by Gasteiger charge is 2.21. The number of anilines is 1. The summed E-state index contributed by atoms with van der Waals surface area (Å²) >= 11 is 6.25. The Bertz CT molecular complexity index is 506. The largest absolute Gasteiger partial charge is 0.369 e. The fourth-order valence-electron chi connectivity index (χ4n) is 2.56. The minimum atomic E-state index is -0.186. The standard InChI is InChI=1S/C14H23ClN4O/c1-10(2)9-19-14(20)13(15)12(8-17-19)18-6-4-11(16-3)5-7-18/h8,10-11,16H,4-7,9H2,1-3H3. The molecular formula is C14H23ClN4O. The molecule has 112 valence electrons. The topological polar surface area (TPSA) is 50.2 Å². The lowest BCUT2D eigenvalue weighted by atomic mass is 10.1. The van der Waals surface area contributed by atoms with E-state index in [1.165, 1.54) is 4.68 Å². The minimum Gasteiger partial charge on any atom is -0.369 e. The molecule has 20 heavy (non-hydrogen) atoms. The van der Waals surface area contributed by atoms with Crippen molar-refractivity contribution in [3.05, 3.63) is 21.6 Å². The van der Waals surface area contributed by atoms with Crippen molar-refractivity contribution in [1.82, 2.24) is 15.1 Å². The highest BCUT2D eigenvalue weighted by atomic mass is 35.5. The highest BCUT2D eigenvalue weighted by molar-refractivity contribution is 6.33. The zero-order valence-electron chi connectivity index (χ0n) is 12.4. The van der Waals surface area contributed by atoms with Gasteiger partial charge in [-0.2, -0.15) is 5.10 Å². The van der Waals surface area contributed by atoms with Crippen LogP contribution < -0.4 is 15.8 Å². The van der Waals surface area contributed by atoms with E-state index in [-0.39, 0.29) is 5.56 Å². The van der Waals surface area contributed by atoms with Gasteiger partial charge >= 0.3 is 0 Å². The van der Waals surface area contributed by atoms with Crippen molar-refractivity contribution in [2.75, 3.05) is 25.0 Å². The maximum atomic E-state index is 12.2. The molecule has 0 aromatic carbocycles. The maximum Gasteiger partial charge on any atom is 0.287 e. The Hall–Kier alpha value is -1.07. The van der Waals surface area contributed by atoms with Gasteiger partial charge in [0.05, 0.1) is 11.9 Å². The molecule has 0 unspecified atom stereocenters. The highest BCUT2D eigenvalue weighted by Crippen LogP contribution is 2.24. The second-order valence-electron chi connectivity index (χ2n) is 5.77. The molecule has 1 aliphatic rings. The number of aromatic nitrogens is 2. The number of halogens is 1. The van der Waals surface area contributed by atoms with Crippen LogP contribution in [-0.2, 0) is 6.54 Å². The first kappa shape index (κ1) is 15.3. The SMILES string of the molecule is CNC1CCN(c2cnn(CC(C)C)c(=O)c2Cl)CC1. The summed E-state index contributed by atoms with van der Waals surface area (Å²) in [4.78, 5) is 14.4. The smallest absolute Gasteiger partial charge is 0.287 e. The first-order chi connectivity index (χ1) is 9.52. The predicted octanol–water partition coefficient (Wildman–Crippen LogP) is 1.74. The molecule has 1 saturated heterocycles. The summed E-state index contributed by atoms with van der Waals surface area (Å²) < 4.78 is 1.46. The lowest BCUT2D eigenvalue weighted by molar-refractivity contribution is 0.439. The Balaban J connectivity index is 2.18. The van der Waals surface area contributed by atoms with Crippen LogP contribution in [0, 0.1) is 5.92 Å². The second-order valence-corrected chi connectivity index (χ2v) is 6.15. The summed E-state index contributed by atoms with van der Waals surface area (Å²) in [6, 6.07) is 0.555. The van der Waals surface area contributed by atoms with Crippen LogP contribution in [0.4, 0.5) is 5.69 Å². The van der Waals surface area contributed by atoms with Gasteiger partial charge in [-0.25, -0.2) is 4.68 Å². The number of nitrogens with one attached hydrogen (secondary N) is 1. The molecule has 6 heteroatoms. The van der Waals surface area contributed by atoms with Gasteiger partial charge in [0.15, 0.2) is 0 Å². The summed E-state index contributed by atoms with van der Waals surface area (Å²) in [7, 11) is 1.99. The van der Waals surface area contributed by atoms with Crippen LogP contribution in [0.5, 0.6) is 0 Å². The first-order valence-corrected chi connectivity index (χ1v) is 7.58. The van der Waals surface area contributed by atoms with Crippen molar-refractivity contribution >= 4 is 17.3 Å². The molecule has 5 nitrogen and oxygen atoms in total. The normalized spacial score (nSPS) is 16.9. The van der Waals surface area contributed by atoms with Crippen molar-refractivity contribution < 1.29 is 0 Å². The molecular weight excluding hydrogens is 276 g/mol. The number of piperidine rings is 1. The van der Waals surface area contributed by atoms with Gasteiger partial charge in [-0.1, -0.05) is 25.4 Å². The van der Waals surface area contributed by atoms with Gasteiger partial charge in [0.25, 0.3) is 5.56 Å². The van der Waals surface area contributed by atoms with Gasteiger partial charge in [-0.05, 0) is 25.8 Å².